The molecule has 1 heterocycles. The minimum Gasteiger partial charge on any atom is -0.326 e. The third kappa shape index (κ3) is 1.83. The summed E-state index contributed by atoms with van der Waals surface area (Å²) in [5.74, 6) is 2.25. The third-order valence-electron chi connectivity index (χ3n) is 5.36. The lowest BCUT2D eigenvalue weighted by atomic mass is 9.93. The van der Waals surface area contributed by atoms with E-state index in [1.54, 1.807) is 25.7 Å². The van der Waals surface area contributed by atoms with E-state index in [2.05, 4.69) is 6.92 Å². The second-order valence-corrected chi connectivity index (χ2v) is 6.04. The predicted molar refractivity (Wildman–Crippen MR) is 61.2 cm³/mol. The maximum Gasteiger partial charge on any atom is 0.127 e. The van der Waals surface area contributed by atoms with E-state index in [0.29, 0.717) is 0 Å². The summed E-state index contributed by atoms with van der Waals surface area (Å²) in [6, 6.07) is 1.07. The van der Waals surface area contributed by atoms with Crippen molar-refractivity contribution in [3.8, 4) is 0 Å². The first-order valence-corrected chi connectivity index (χ1v) is 7.05. The molecule has 15 heavy (non-hydrogen) atoms. The summed E-state index contributed by atoms with van der Waals surface area (Å²) in [6.07, 6.45) is 6.27. The lowest BCUT2D eigenvalue weighted by molar-refractivity contribution is -1.02. The molecule has 1 aliphatic heterocycles. The molecule has 3 atom stereocenters. The fraction of sp³-hybridized carbons (Fsp3) is 1.00. The van der Waals surface area contributed by atoms with Gasteiger partial charge in [-0.25, -0.2) is 0 Å². The van der Waals surface area contributed by atoms with Gasteiger partial charge in [-0.1, -0.05) is 0 Å². The van der Waals surface area contributed by atoms with E-state index in [9.17, 15) is 0 Å². The van der Waals surface area contributed by atoms with Gasteiger partial charge < -0.3 is 9.80 Å². The third-order valence-corrected chi connectivity index (χ3v) is 5.36. The number of hydrogen-bond donors (Lipinski definition) is 2. The first-order valence-electron chi connectivity index (χ1n) is 7.05. The lowest BCUT2D eigenvalue weighted by Gasteiger charge is -2.36. The van der Waals surface area contributed by atoms with Crippen molar-refractivity contribution in [1.82, 2.24) is 0 Å². The number of fused-ring (bicyclic) bond motifs is 2. The van der Waals surface area contributed by atoms with Gasteiger partial charge in [-0.15, -0.1) is 0 Å². The number of quaternary nitrogens is 2. The molecule has 0 spiro atoms. The van der Waals surface area contributed by atoms with Gasteiger partial charge in [0, 0.05) is 12.3 Å². The van der Waals surface area contributed by atoms with Gasteiger partial charge in [-0.2, -0.15) is 0 Å². The average Bonchev–Trinajstić information content (AvgIpc) is 2.91. The molecule has 86 valence electrons. The zero-order chi connectivity index (χ0) is 10.3. The highest BCUT2D eigenvalue weighted by atomic mass is 15.3. The van der Waals surface area contributed by atoms with Gasteiger partial charge in [0.25, 0.3) is 0 Å². The van der Waals surface area contributed by atoms with Crippen molar-refractivity contribution in [2.75, 3.05) is 32.7 Å². The van der Waals surface area contributed by atoms with Crippen LogP contribution in [0, 0.1) is 11.8 Å². The Hall–Kier alpha value is -0.0800. The van der Waals surface area contributed by atoms with Crippen molar-refractivity contribution in [3.05, 3.63) is 0 Å². The van der Waals surface area contributed by atoms with Crippen molar-refractivity contribution in [1.29, 1.82) is 0 Å². The van der Waals surface area contributed by atoms with Crippen molar-refractivity contribution in [2.24, 2.45) is 11.8 Å². The fourth-order valence-corrected chi connectivity index (χ4v) is 4.39. The van der Waals surface area contributed by atoms with Gasteiger partial charge in [-0.3, -0.25) is 0 Å². The lowest BCUT2D eigenvalue weighted by Crippen LogP contribution is -3.29. The molecule has 0 amide bonds. The van der Waals surface area contributed by atoms with Gasteiger partial charge in [0.15, 0.2) is 0 Å². The van der Waals surface area contributed by atoms with E-state index in [1.807, 2.05) is 9.80 Å². The van der Waals surface area contributed by atoms with E-state index in [0.717, 1.165) is 17.9 Å². The molecule has 0 radical (unpaired) electrons. The van der Waals surface area contributed by atoms with Crippen molar-refractivity contribution in [2.45, 2.75) is 38.6 Å². The number of nitrogens with one attached hydrogen (secondary N) is 2. The Morgan fingerprint density at radius 3 is 2.33 bits per heavy atom. The minimum atomic E-state index is 1.07. The highest BCUT2D eigenvalue weighted by Crippen LogP contribution is 2.43. The van der Waals surface area contributed by atoms with Crippen molar-refractivity contribution >= 4 is 0 Å². The van der Waals surface area contributed by atoms with Gasteiger partial charge in [0.05, 0.1) is 12.6 Å². The number of likely N-dealkylation sites (N-methyl/N-ethyl adjacent to an activating group) is 1. The first-order chi connectivity index (χ1) is 7.36. The molecule has 1 saturated heterocycles. The second-order valence-electron chi connectivity index (χ2n) is 6.04. The maximum atomic E-state index is 2.33. The zero-order valence-corrected chi connectivity index (χ0v) is 10.1. The highest BCUT2D eigenvalue weighted by molar-refractivity contribution is 4.90. The van der Waals surface area contributed by atoms with E-state index in [1.165, 1.54) is 32.7 Å². The molecule has 0 unspecified atom stereocenters. The van der Waals surface area contributed by atoms with Crippen LogP contribution in [-0.2, 0) is 0 Å². The molecule has 2 nitrogen and oxygen atoms in total. The molecule has 2 heteroatoms. The summed E-state index contributed by atoms with van der Waals surface area (Å²) in [4.78, 5) is 3.81. The Balaban J connectivity index is 1.56. The quantitative estimate of drug-likeness (QED) is 0.577. The molecule has 0 aromatic heterocycles. The molecule has 2 aliphatic carbocycles. The van der Waals surface area contributed by atoms with Crippen LogP contribution in [0.1, 0.15) is 32.6 Å². The zero-order valence-electron chi connectivity index (χ0n) is 10.1. The predicted octanol–water partition coefficient (Wildman–Crippen LogP) is -1.02. The molecule has 2 bridgehead atoms. The van der Waals surface area contributed by atoms with Crippen LogP contribution in [0.4, 0.5) is 0 Å². The molecular weight excluding hydrogens is 184 g/mol. The topological polar surface area (TPSA) is 8.88 Å². The van der Waals surface area contributed by atoms with Crippen LogP contribution in [0.3, 0.4) is 0 Å². The van der Waals surface area contributed by atoms with Crippen LogP contribution in [0.15, 0.2) is 0 Å². The molecule has 2 saturated carbocycles. The summed E-state index contributed by atoms with van der Waals surface area (Å²) >= 11 is 0. The Morgan fingerprint density at radius 2 is 1.80 bits per heavy atom. The molecular formula is C13H26N2+2. The fourth-order valence-electron chi connectivity index (χ4n) is 4.39. The van der Waals surface area contributed by atoms with Gasteiger partial charge >= 0.3 is 0 Å². The number of rotatable bonds is 2. The van der Waals surface area contributed by atoms with Gasteiger partial charge in [-0.05, 0) is 32.1 Å². The monoisotopic (exact) mass is 210 g/mol. The smallest absolute Gasteiger partial charge is 0.127 e. The van der Waals surface area contributed by atoms with Crippen LogP contribution in [0.2, 0.25) is 0 Å². The first kappa shape index (κ1) is 10.1. The van der Waals surface area contributed by atoms with Gasteiger partial charge in [0.2, 0.25) is 0 Å². The largest absolute Gasteiger partial charge is 0.326 e. The molecule has 3 rings (SSSR count). The molecule has 0 aromatic rings. The Morgan fingerprint density at radius 1 is 1.00 bits per heavy atom. The van der Waals surface area contributed by atoms with Crippen molar-refractivity contribution in [3.63, 3.8) is 0 Å². The molecule has 3 aliphatic rings. The Labute approximate surface area is 93.6 Å². The summed E-state index contributed by atoms with van der Waals surface area (Å²) in [5.41, 5.74) is 0. The van der Waals surface area contributed by atoms with Gasteiger partial charge in [0.1, 0.15) is 26.2 Å². The summed E-state index contributed by atoms with van der Waals surface area (Å²) < 4.78 is 0. The van der Waals surface area contributed by atoms with E-state index in [-0.39, 0.29) is 0 Å². The van der Waals surface area contributed by atoms with Crippen LogP contribution in [0.25, 0.3) is 0 Å². The highest BCUT2D eigenvalue weighted by Gasteiger charge is 2.45. The normalized spacial score (nSPS) is 49.8. The maximum absolute atomic E-state index is 2.33. The molecule has 2 N–H and O–H groups in total. The van der Waals surface area contributed by atoms with Crippen LogP contribution in [-0.4, -0.2) is 38.8 Å². The average molecular weight is 210 g/mol. The molecule has 3 fully saturated rings. The Bertz CT molecular complexity index is 221. The van der Waals surface area contributed by atoms with Crippen LogP contribution in [0.5, 0.6) is 0 Å². The van der Waals surface area contributed by atoms with E-state index in [4.69, 9.17) is 0 Å². The summed E-state index contributed by atoms with van der Waals surface area (Å²) in [6.45, 7) is 9.44. The van der Waals surface area contributed by atoms with E-state index < -0.39 is 0 Å². The Kier molecular flexibility index (Phi) is 2.73. The number of piperazine rings is 1. The van der Waals surface area contributed by atoms with Crippen LogP contribution < -0.4 is 9.80 Å². The van der Waals surface area contributed by atoms with Crippen LogP contribution >= 0.6 is 0 Å². The second kappa shape index (κ2) is 4.06. The standard InChI is InChI=1S/C13H24N2/c1-2-14-5-7-15(8-6-14)13-10-11-3-4-12(13)9-11/h11-13H,2-10H2,1H3/p+2/t11-,12-,13-/m0/s1. The minimum absolute atomic E-state index is 1.07. The summed E-state index contributed by atoms with van der Waals surface area (Å²) in [5, 5.41) is 0. The molecule has 0 aromatic carbocycles. The number of hydrogen-bond acceptors (Lipinski definition) is 0. The van der Waals surface area contributed by atoms with E-state index >= 15 is 0 Å². The van der Waals surface area contributed by atoms with Crippen molar-refractivity contribution < 1.29 is 9.80 Å². The summed E-state index contributed by atoms with van der Waals surface area (Å²) in [7, 11) is 0. The SMILES string of the molecule is CC[NH+]1CC[NH+]([C@H]2C[C@H]3CC[C@H]2C3)CC1.